The molecule has 2 aromatic heterocycles. The first kappa shape index (κ1) is 36.7. The molecule has 66 heavy (non-hydrogen) atoms. The van der Waals surface area contributed by atoms with Gasteiger partial charge in [-0.1, -0.05) is 206 Å². The minimum Gasteiger partial charge on any atom is -0.455 e. The second-order valence-electron chi connectivity index (χ2n) is 17.4. The lowest BCUT2D eigenvalue weighted by Gasteiger charge is -2.18. The summed E-state index contributed by atoms with van der Waals surface area (Å²) in [6, 6.07) is 86.3. The van der Waals surface area contributed by atoms with Crippen LogP contribution in [0.15, 0.2) is 241 Å². The number of hydrogen-bond acceptors (Lipinski definition) is 1. The van der Waals surface area contributed by atoms with E-state index >= 15 is 0 Å². The largest absolute Gasteiger partial charge is 0.455 e. The third-order valence-electron chi connectivity index (χ3n) is 14.0. The monoisotopic (exact) mass is 837 g/mol. The highest BCUT2D eigenvalue weighted by atomic mass is 16.3. The maximum absolute atomic E-state index is 7.16. The fraction of sp³-hybridized carbons (Fsp3) is 0. The molecule has 0 aliphatic heterocycles. The topological polar surface area (TPSA) is 18.1 Å². The summed E-state index contributed by atoms with van der Waals surface area (Å²) in [5.74, 6) is 0. The maximum atomic E-state index is 7.16. The predicted molar refractivity (Wildman–Crippen MR) is 280 cm³/mol. The molecule has 0 atom stereocenters. The minimum atomic E-state index is 0.877. The molecule has 0 bridgehead atoms. The van der Waals surface area contributed by atoms with Crippen molar-refractivity contribution in [2.75, 3.05) is 0 Å². The van der Waals surface area contributed by atoms with Crippen LogP contribution < -0.4 is 0 Å². The van der Waals surface area contributed by atoms with Crippen LogP contribution in [0.4, 0.5) is 0 Å². The molecule has 2 heteroatoms. The number of para-hydroxylation sites is 3. The van der Waals surface area contributed by atoms with E-state index in [1.54, 1.807) is 0 Å². The Hall–Kier alpha value is -8.72. The number of furan rings is 1. The van der Waals surface area contributed by atoms with Crippen molar-refractivity contribution in [3.8, 4) is 50.2 Å². The minimum absolute atomic E-state index is 0.877. The predicted octanol–water partition coefficient (Wildman–Crippen LogP) is 18.0. The standard InChI is InChI=1S/C64H39NO/c1-3-19-40(20-4-1)59-45-24-7-11-28-49(45)61(50-29-12-8-25-46(50)59)53-32-18-36-58-63(53)55-34-17-33-54(64(55)66-58)62-51-30-13-9-26-47(51)60(48-27-10-14-31-52(48)62)41-37-38-44-43-23-15-16-35-56(43)65(57(44)39-41)42-21-5-2-6-22-42/h1-39H. The van der Waals surface area contributed by atoms with E-state index in [2.05, 4.69) is 241 Å². The highest BCUT2D eigenvalue weighted by molar-refractivity contribution is 6.28. The number of fused-ring (bicyclic) bond motifs is 10. The summed E-state index contributed by atoms with van der Waals surface area (Å²) in [6.07, 6.45) is 0. The van der Waals surface area contributed by atoms with E-state index < -0.39 is 0 Å². The molecule has 0 N–H and O–H groups in total. The van der Waals surface area contributed by atoms with Gasteiger partial charge in [-0.25, -0.2) is 0 Å². The van der Waals surface area contributed by atoms with E-state index in [1.165, 1.54) is 104 Å². The molecule has 0 saturated carbocycles. The number of benzene rings is 12. The third kappa shape index (κ3) is 5.30. The second-order valence-corrected chi connectivity index (χ2v) is 17.4. The number of rotatable bonds is 5. The van der Waals surface area contributed by atoms with Crippen molar-refractivity contribution in [3.63, 3.8) is 0 Å². The van der Waals surface area contributed by atoms with Crippen LogP contribution in [0.5, 0.6) is 0 Å². The maximum Gasteiger partial charge on any atom is 0.143 e. The number of nitrogens with zero attached hydrogens (tertiary/aromatic N) is 1. The molecule has 0 unspecified atom stereocenters. The molecular formula is C64H39NO. The average Bonchev–Trinajstić information content (AvgIpc) is 3.94. The molecule has 14 aromatic rings. The van der Waals surface area contributed by atoms with Crippen LogP contribution in [0.1, 0.15) is 0 Å². The van der Waals surface area contributed by atoms with Gasteiger partial charge in [-0.15, -0.1) is 0 Å². The van der Waals surface area contributed by atoms with Gasteiger partial charge in [0.05, 0.1) is 11.0 Å². The Kier molecular flexibility index (Phi) is 8.02. The smallest absolute Gasteiger partial charge is 0.143 e. The lowest BCUT2D eigenvalue weighted by Crippen LogP contribution is -1.94. The molecule has 0 aliphatic carbocycles. The Morgan fingerprint density at radius 2 is 0.712 bits per heavy atom. The number of hydrogen-bond donors (Lipinski definition) is 0. The fourth-order valence-electron chi connectivity index (χ4n) is 11.3. The van der Waals surface area contributed by atoms with Crippen LogP contribution in [0.25, 0.3) is 137 Å². The highest BCUT2D eigenvalue weighted by Crippen LogP contribution is 2.50. The van der Waals surface area contributed by atoms with Gasteiger partial charge in [0.15, 0.2) is 0 Å². The summed E-state index contributed by atoms with van der Waals surface area (Å²) >= 11 is 0. The summed E-state index contributed by atoms with van der Waals surface area (Å²) in [6.45, 7) is 0. The zero-order chi connectivity index (χ0) is 43.3. The fourth-order valence-corrected chi connectivity index (χ4v) is 11.3. The van der Waals surface area contributed by atoms with Gasteiger partial charge in [0.2, 0.25) is 0 Å². The van der Waals surface area contributed by atoms with E-state index in [0.29, 0.717) is 0 Å². The van der Waals surface area contributed by atoms with Gasteiger partial charge in [-0.2, -0.15) is 0 Å². The zero-order valence-corrected chi connectivity index (χ0v) is 35.9. The van der Waals surface area contributed by atoms with Gasteiger partial charge in [0.1, 0.15) is 11.2 Å². The zero-order valence-electron chi connectivity index (χ0n) is 35.9. The van der Waals surface area contributed by atoms with Crippen LogP contribution >= 0.6 is 0 Å². The van der Waals surface area contributed by atoms with Crippen LogP contribution in [0.2, 0.25) is 0 Å². The average molecular weight is 838 g/mol. The van der Waals surface area contributed by atoms with Gasteiger partial charge in [0.25, 0.3) is 0 Å². The molecule has 306 valence electrons. The summed E-state index contributed by atoms with van der Waals surface area (Å²) in [5.41, 5.74) is 14.9. The molecule has 2 heterocycles. The van der Waals surface area contributed by atoms with Crippen molar-refractivity contribution < 1.29 is 4.42 Å². The quantitative estimate of drug-likeness (QED) is 0.158. The Bertz CT molecular complexity index is 4160. The number of aromatic nitrogens is 1. The summed E-state index contributed by atoms with van der Waals surface area (Å²) in [7, 11) is 0. The lowest BCUT2D eigenvalue weighted by molar-refractivity contribution is 0.670. The van der Waals surface area contributed by atoms with E-state index in [1.807, 2.05) is 0 Å². The van der Waals surface area contributed by atoms with E-state index in [-0.39, 0.29) is 0 Å². The molecule has 0 radical (unpaired) electrons. The molecule has 2 nitrogen and oxygen atoms in total. The van der Waals surface area contributed by atoms with Crippen molar-refractivity contribution in [2.24, 2.45) is 0 Å². The summed E-state index contributed by atoms with van der Waals surface area (Å²) in [4.78, 5) is 0. The molecule has 0 saturated heterocycles. The third-order valence-corrected chi connectivity index (χ3v) is 14.0. The molecule has 0 aliphatic rings. The molecule has 0 spiro atoms. The van der Waals surface area contributed by atoms with Crippen molar-refractivity contribution in [3.05, 3.63) is 237 Å². The van der Waals surface area contributed by atoms with E-state index in [9.17, 15) is 0 Å². The van der Waals surface area contributed by atoms with Crippen LogP contribution in [0.3, 0.4) is 0 Å². The molecule has 0 amide bonds. The Morgan fingerprint density at radius 1 is 0.273 bits per heavy atom. The lowest BCUT2D eigenvalue weighted by atomic mass is 9.84. The van der Waals surface area contributed by atoms with Gasteiger partial charge >= 0.3 is 0 Å². The Morgan fingerprint density at radius 3 is 1.32 bits per heavy atom. The first-order chi connectivity index (χ1) is 32.8. The van der Waals surface area contributed by atoms with Gasteiger partial charge in [-0.3, -0.25) is 0 Å². The Labute approximate surface area is 380 Å². The SMILES string of the molecule is c1ccc(-c2c3ccccc3c(-c3cccc4oc5c(-c6c7ccccc7c(-c7ccc8c9ccccc9n(-c9ccccc9)c8c7)c7ccccc67)cccc5c34)c3ccccc23)cc1. The summed E-state index contributed by atoms with van der Waals surface area (Å²) in [5, 5.41) is 14.5. The Balaban J connectivity index is 1.03. The van der Waals surface area contributed by atoms with Crippen molar-refractivity contribution in [2.45, 2.75) is 0 Å². The first-order valence-electron chi connectivity index (χ1n) is 22.8. The second kappa shape index (κ2) is 14.4. The van der Waals surface area contributed by atoms with Crippen LogP contribution in [0, 0.1) is 0 Å². The van der Waals surface area contributed by atoms with Crippen LogP contribution in [-0.2, 0) is 0 Å². The van der Waals surface area contributed by atoms with Gasteiger partial charge in [0, 0.05) is 38.4 Å². The van der Waals surface area contributed by atoms with Crippen molar-refractivity contribution in [1.82, 2.24) is 4.57 Å². The van der Waals surface area contributed by atoms with E-state index in [0.717, 1.165) is 33.2 Å². The normalized spacial score (nSPS) is 11.9. The molecule has 14 rings (SSSR count). The highest BCUT2D eigenvalue weighted by Gasteiger charge is 2.24. The van der Waals surface area contributed by atoms with Crippen LogP contribution in [-0.4, -0.2) is 4.57 Å². The molecular weight excluding hydrogens is 799 g/mol. The molecule has 12 aromatic carbocycles. The van der Waals surface area contributed by atoms with Crippen molar-refractivity contribution >= 4 is 86.8 Å². The molecule has 0 fully saturated rings. The van der Waals surface area contributed by atoms with Crippen molar-refractivity contribution in [1.29, 1.82) is 0 Å². The summed E-state index contributed by atoms with van der Waals surface area (Å²) < 4.78 is 9.57. The van der Waals surface area contributed by atoms with E-state index in [4.69, 9.17) is 4.42 Å². The van der Waals surface area contributed by atoms with Gasteiger partial charge < -0.3 is 8.98 Å². The first-order valence-corrected chi connectivity index (χ1v) is 22.8. The van der Waals surface area contributed by atoms with Gasteiger partial charge in [-0.05, 0) is 107 Å².